The molecule has 1 saturated heterocycles. The second-order valence-electron chi connectivity index (χ2n) is 3.79. The Morgan fingerprint density at radius 1 is 1.33 bits per heavy atom. The number of nitrogens with zero attached hydrogens (tertiary/aromatic N) is 1. The van der Waals surface area contributed by atoms with Crippen molar-refractivity contribution < 1.29 is 8.78 Å². The molecule has 0 spiro atoms. The van der Waals surface area contributed by atoms with Crippen molar-refractivity contribution in [1.82, 2.24) is 5.32 Å². The fourth-order valence-corrected chi connectivity index (χ4v) is 1.99. The third-order valence-corrected chi connectivity index (χ3v) is 2.85. The number of hydrogen-bond acceptors (Lipinski definition) is 2. The van der Waals surface area contributed by atoms with Crippen LogP contribution >= 0.6 is 0 Å². The molecule has 2 nitrogen and oxygen atoms in total. The summed E-state index contributed by atoms with van der Waals surface area (Å²) in [4.78, 5) is 1.76. The Morgan fingerprint density at radius 3 is 2.53 bits per heavy atom. The van der Waals surface area contributed by atoms with Gasteiger partial charge in [0.05, 0.1) is 0 Å². The Labute approximate surface area is 87.9 Å². The van der Waals surface area contributed by atoms with E-state index in [9.17, 15) is 8.78 Å². The predicted octanol–water partition coefficient (Wildman–Crippen LogP) is 1.76. The molecule has 1 aliphatic heterocycles. The SMILES string of the molecule is CNC1CCN(c2c(F)cccc2F)C1. The minimum absolute atomic E-state index is 0.107. The second kappa shape index (κ2) is 4.14. The molecule has 0 aromatic heterocycles. The first-order chi connectivity index (χ1) is 7.22. The number of anilines is 1. The van der Waals surface area contributed by atoms with E-state index in [0.717, 1.165) is 6.42 Å². The van der Waals surface area contributed by atoms with E-state index < -0.39 is 11.6 Å². The van der Waals surface area contributed by atoms with Crippen molar-refractivity contribution in [2.45, 2.75) is 12.5 Å². The van der Waals surface area contributed by atoms with E-state index in [2.05, 4.69) is 5.32 Å². The lowest BCUT2D eigenvalue weighted by Crippen LogP contribution is -2.30. The maximum Gasteiger partial charge on any atom is 0.149 e. The molecule has 1 aliphatic rings. The Bertz CT molecular complexity index is 334. The van der Waals surface area contributed by atoms with Gasteiger partial charge >= 0.3 is 0 Å². The molecule has 1 N–H and O–H groups in total. The molecule has 0 amide bonds. The lowest BCUT2D eigenvalue weighted by atomic mass is 10.2. The molecule has 2 rings (SSSR count). The van der Waals surface area contributed by atoms with Gasteiger partial charge in [0.15, 0.2) is 0 Å². The monoisotopic (exact) mass is 212 g/mol. The van der Waals surface area contributed by atoms with E-state index in [4.69, 9.17) is 0 Å². The summed E-state index contributed by atoms with van der Waals surface area (Å²) in [5.74, 6) is -0.960. The molecule has 0 bridgehead atoms. The molecular weight excluding hydrogens is 198 g/mol. The van der Waals surface area contributed by atoms with Crippen LogP contribution in [0.25, 0.3) is 0 Å². The maximum atomic E-state index is 13.4. The van der Waals surface area contributed by atoms with Crippen molar-refractivity contribution in [3.63, 3.8) is 0 Å². The topological polar surface area (TPSA) is 15.3 Å². The van der Waals surface area contributed by atoms with Crippen molar-refractivity contribution in [3.8, 4) is 0 Å². The molecule has 1 fully saturated rings. The van der Waals surface area contributed by atoms with Crippen molar-refractivity contribution in [1.29, 1.82) is 0 Å². The van der Waals surface area contributed by atoms with Gasteiger partial charge in [-0.3, -0.25) is 0 Å². The van der Waals surface area contributed by atoms with Gasteiger partial charge in [-0.25, -0.2) is 8.78 Å². The molecule has 1 aromatic rings. The first-order valence-corrected chi connectivity index (χ1v) is 5.08. The van der Waals surface area contributed by atoms with Crippen LogP contribution < -0.4 is 10.2 Å². The van der Waals surface area contributed by atoms with Gasteiger partial charge in [-0.2, -0.15) is 0 Å². The molecule has 82 valence electrons. The van der Waals surface area contributed by atoms with E-state index in [1.165, 1.54) is 18.2 Å². The van der Waals surface area contributed by atoms with Crippen LogP contribution in [-0.4, -0.2) is 26.2 Å². The molecule has 1 atom stereocenters. The summed E-state index contributed by atoms with van der Waals surface area (Å²) in [6, 6.07) is 4.31. The number of benzene rings is 1. The number of hydrogen-bond donors (Lipinski definition) is 1. The zero-order valence-electron chi connectivity index (χ0n) is 8.63. The number of halogens is 2. The molecule has 0 saturated carbocycles. The van der Waals surface area contributed by atoms with E-state index in [-0.39, 0.29) is 5.69 Å². The molecule has 15 heavy (non-hydrogen) atoms. The van der Waals surface area contributed by atoms with E-state index in [1.807, 2.05) is 7.05 Å². The number of likely N-dealkylation sites (N-methyl/N-ethyl adjacent to an activating group) is 1. The Hall–Kier alpha value is -1.16. The van der Waals surface area contributed by atoms with Gasteiger partial charge in [0, 0.05) is 19.1 Å². The van der Waals surface area contributed by atoms with Gasteiger partial charge < -0.3 is 10.2 Å². The molecular formula is C11H14F2N2. The summed E-state index contributed by atoms with van der Waals surface area (Å²) in [7, 11) is 1.87. The van der Waals surface area contributed by atoms with Crippen LogP contribution in [0.5, 0.6) is 0 Å². The third-order valence-electron chi connectivity index (χ3n) is 2.85. The highest BCUT2D eigenvalue weighted by Crippen LogP contribution is 2.26. The molecule has 1 heterocycles. The average molecular weight is 212 g/mol. The predicted molar refractivity (Wildman–Crippen MR) is 56.0 cm³/mol. The lowest BCUT2D eigenvalue weighted by Gasteiger charge is -2.19. The summed E-state index contributed by atoms with van der Waals surface area (Å²) in [6.45, 7) is 1.36. The van der Waals surface area contributed by atoms with E-state index in [0.29, 0.717) is 19.1 Å². The quantitative estimate of drug-likeness (QED) is 0.803. The zero-order chi connectivity index (χ0) is 10.8. The van der Waals surface area contributed by atoms with Gasteiger partial charge in [-0.05, 0) is 25.6 Å². The second-order valence-corrected chi connectivity index (χ2v) is 3.79. The van der Waals surface area contributed by atoms with Crippen molar-refractivity contribution in [2.24, 2.45) is 0 Å². The van der Waals surface area contributed by atoms with Crippen molar-refractivity contribution in [3.05, 3.63) is 29.8 Å². The largest absolute Gasteiger partial charge is 0.365 e. The summed E-state index contributed by atoms with van der Waals surface area (Å²) in [5, 5.41) is 3.12. The Morgan fingerprint density at radius 2 is 2.00 bits per heavy atom. The van der Waals surface area contributed by atoms with Gasteiger partial charge in [0.2, 0.25) is 0 Å². The van der Waals surface area contributed by atoms with Crippen LogP contribution in [-0.2, 0) is 0 Å². The Balaban J connectivity index is 2.23. The zero-order valence-corrected chi connectivity index (χ0v) is 8.63. The normalized spacial score (nSPS) is 21.0. The first kappa shape index (κ1) is 10.4. The van der Waals surface area contributed by atoms with Crippen molar-refractivity contribution >= 4 is 5.69 Å². The highest BCUT2D eigenvalue weighted by Gasteiger charge is 2.25. The Kier molecular flexibility index (Phi) is 2.86. The molecule has 4 heteroatoms. The van der Waals surface area contributed by atoms with Crippen LogP contribution in [0, 0.1) is 11.6 Å². The van der Waals surface area contributed by atoms with Crippen molar-refractivity contribution in [2.75, 3.05) is 25.0 Å². The third kappa shape index (κ3) is 1.95. The lowest BCUT2D eigenvalue weighted by molar-refractivity contribution is 0.574. The summed E-state index contributed by atoms with van der Waals surface area (Å²) < 4.78 is 26.9. The van der Waals surface area contributed by atoms with Crippen LogP contribution in [0.1, 0.15) is 6.42 Å². The van der Waals surface area contributed by atoms with Crippen LogP contribution in [0.4, 0.5) is 14.5 Å². The molecule has 0 aliphatic carbocycles. The van der Waals surface area contributed by atoms with Crippen LogP contribution in [0.2, 0.25) is 0 Å². The first-order valence-electron chi connectivity index (χ1n) is 5.08. The smallest absolute Gasteiger partial charge is 0.149 e. The maximum absolute atomic E-state index is 13.4. The van der Waals surface area contributed by atoms with E-state index >= 15 is 0 Å². The van der Waals surface area contributed by atoms with Gasteiger partial charge in [-0.15, -0.1) is 0 Å². The summed E-state index contributed by atoms with van der Waals surface area (Å²) >= 11 is 0. The van der Waals surface area contributed by atoms with Gasteiger partial charge in [0.1, 0.15) is 17.3 Å². The standard InChI is InChI=1S/C11H14F2N2/c1-14-8-5-6-15(7-8)11-9(12)3-2-4-10(11)13/h2-4,8,14H,5-7H2,1H3. The number of para-hydroxylation sites is 1. The summed E-state index contributed by atoms with van der Waals surface area (Å²) in [5.41, 5.74) is 0.107. The van der Waals surface area contributed by atoms with Crippen LogP contribution in [0.15, 0.2) is 18.2 Å². The van der Waals surface area contributed by atoms with Gasteiger partial charge in [-0.1, -0.05) is 6.07 Å². The van der Waals surface area contributed by atoms with Gasteiger partial charge in [0.25, 0.3) is 0 Å². The minimum Gasteiger partial charge on any atom is -0.365 e. The fraction of sp³-hybridized carbons (Fsp3) is 0.455. The van der Waals surface area contributed by atoms with Crippen LogP contribution in [0.3, 0.4) is 0 Å². The average Bonchev–Trinajstić information content (AvgIpc) is 2.66. The minimum atomic E-state index is -0.480. The number of nitrogens with one attached hydrogen (secondary N) is 1. The molecule has 1 aromatic carbocycles. The summed E-state index contributed by atoms with van der Waals surface area (Å²) in [6.07, 6.45) is 0.921. The fourth-order valence-electron chi connectivity index (χ4n) is 1.99. The highest BCUT2D eigenvalue weighted by molar-refractivity contribution is 5.50. The highest BCUT2D eigenvalue weighted by atomic mass is 19.1. The van der Waals surface area contributed by atoms with E-state index in [1.54, 1.807) is 4.90 Å². The molecule has 1 unspecified atom stereocenters. The number of rotatable bonds is 2. The molecule has 0 radical (unpaired) electrons.